The molecule has 0 saturated carbocycles. The molecule has 0 fully saturated rings. The molecule has 2 N–H and O–H groups in total. The Kier molecular flexibility index (Phi) is 6.69. The van der Waals surface area contributed by atoms with Gasteiger partial charge in [0.05, 0.1) is 0 Å². The van der Waals surface area contributed by atoms with Crippen LogP contribution < -0.4 is 10.6 Å². The smallest absolute Gasteiger partial charge is 0.271 e. The number of carbonyl (C=O) groups is 1. The lowest BCUT2D eigenvalue weighted by atomic mass is 10.0. The Balaban J connectivity index is 1.90. The van der Waals surface area contributed by atoms with E-state index in [0.717, 1.165) is 12.1 Å². The summed E-state index contributed by atoms with van der Waals surface area (Å²) in [5, 5.41) is 14.0. The molecule has 1 heterocycles. The molecule has 1 aromatic heterocycles. The van der Waals surface area contributed by atoms with E-state index < -0.39 is 0 Å². The van der Waals surface area contributed by atoms with Gasteiger partial charge in [-0.25, -0.2) is 0 Å². The van der Waals surface area contributed by atoms with E-state index in [1.54, 1.807) is 19.2 Å². The number of nitrogens with one attached hydrogen (secondary N) is 2. The summed E-state index contributed by atoms with van der Waals surface area (Å²) in [4.78, 5) is 11.9. The van der Waals surface area contributed by atoms with Crippen molar-refractivity contribution in [1.82, 2.24) is 15.5 Å². The van der Waals surface area contributed by atoms with Gasteiger partial charge in [-0.05, 0) is 42.2 Å². The molecule has 128 valence electrons. The summed E-state index contributed by atoms with van der Waals surface area (Å²) < 4.78 is 4.93. The first-order valence-electron chi connectivity index (χ1n) is 8.08. The first-order valence-corrected chi connectivity index (χ1v) is 8.08. The van der Waals surface area contributed by atoms with E-state index in [2.05, 4.69) is 46.8 Å². The van der Waals surface area contributed by atoms with Crippen molar-refractivity contribution in [1.29, 1.82) is 0 Å². The number of aromatic nitrogens is 2. The van der Waals surface area contributed by atoms with Crippen molar-refractivity contribution in [3.05, 3.63) is 47.7 Å². The quantitative estimate of drug-likeness (QED) is 0.728. The van der Waals surface area contributed by atoms with E-state index in [1.165, 1.54) is 5.56 Å². The Morgan fingerprint density at radius 1 is 1.12 bits per heavy atom. The maximum absolute atomic E-state index is 11.9. The van der Waals surface area contributed by atoms with Gasteiger partial charge in [-0.2, -0.15) is 0 Å². The molecule has 0 unspecified atom stereocenters. The third-order valence-electron chi connectivity index (χ3n) is 3.56. The number of hydrogen-bond donors (Lipinski definition) is 2. The number of rotatable bonds is 8. The number of amides is 1. The number of hydrogen-bond acceptors (Lipinski definition) is 5. The molecule has 0 aliphatic rings. The number of nitrogens with zero attached hydrogens (tertiary/aromatic N) is 2. The highest BCUT2D eigenvalue weighted by atomic mass is 16.5. The average Bonchev–Trinajstić information content (AvgIpc) is 2.59. The Labute approximate surface area is 142 Å². The molecular weight excluding hydrogens is 304 g/mol. The molecule has 0 aliphatic heterocycles. The van der Waals surface area contributed by atoms with Crippen LogP contribution in [0.15, 0.2) is 36.4 Å². The predicted octanol–water partition coefficient (Wildman–Crippen LogP) is 3.11. The van der Waals surface area contributed by atoms with E-state index in [9.17, 15) is 4.79 Å². The maximum Gasteiger partial charge on any atom is 0.271 e. The molecule has 1 aromatic carbocycles. The molecule has 0 spiro atoms. The first kappa shape index (κ1) is 17.9. The van der Waals surface area contributed by atoms with Gasteiger partial charge in [0.1, 0.15) is 0 Å². The minimum Gasteiger partial charge on any atom is -0.385 e. The molecule has 1 amide bonds. The van der Waals surface area contributed by atoms with Crippen molar-refractivity contribution in [3.8, 4) is 0 Å². The van der Waals surface area contributed by atoms with Crippen molar-refractivity contribution in [2.45, 2.75) is 26.2 Å². The molecule has 2 aromatic rings. The average molecular weight is 328 g/mol. The van der Waals surface area contributed by atoms with E-state index in [4.69, 9.17) is 4.74 Å². The summed E-state index contributed by atoms with van der Waals surface area (Å²) in [6.45, 7) is 5.49. The predicted molar refractivity (Wildman–Crippen MR) is 94.7 cm³/mol. The number of methoxy groups -OCH3 is 1. The van der Waals surface area contributed by atoms with Gasteiger partial charge in [-0.15, -0.1) is 10.2 Å². The van der Waals surface area contributed by atoms with Gasteiger partial charge in [-0.3, -0.25) is 4.79 Å². The van der Waals surface area contributed by atoms with E-state index in [1.807, 2.05) is 12.1 Å². The normalized spacial score (nSPS) is 10.7. The highest BCUT2D eigenvalue weighted by molar-refractivity contribution is 5.92. The molecule has 24 heavy (non-hydrogen) atoms. The monoisotopic (exact) mass is 328 g/mol. The Bertz CT molecular complexity index is 639. The Hall–Kier alpha value is -2.47. The van der Waals surface area contributed by atoms with Gasteiger partial charge in [0, 0.05) is 25.9 Å². The van der Waals surface area contributed by atoms with Crippen LogP contribution in [0.1, 0.15) is 42.2 Å². The summed E-state index contributed by atoms with van der Waals surface area (Å²) in [5.41, 5.74) is 2.52. The van der Waals surface area contributed by atoms with Gasteiger partial charge in [0.2, 0.25) is 0 Å². The van der Waals surface area contributed by atoms with E-state index >= 15 is 0 Å². The Morgan fingerprint density at radius 3 is 2.46 bits per heavy atom. The largest absolute Gasteiger partial charge is 0.385 e. The molecule has 0 radical (unpaired) electrons. The van der Waals surface area contributed by atoms with Crippen LogP contribution >= 0.6 is 0 Å². The number of carbonyl (C=O) groups excluding carboxylic acids is 1. The van der Waals surface area contributed by atoms with Crippen LogP contribution in [0.2, 0.25) is 0 Å². The highest BCUT2D eigenvalue weighted by Gasteiger charge is 2.07. The van der Waals surface area contributed by atoms with Gasteiger partial charge in [0.15, 0.2) is 11.5 Å². The minimum atomic E-state index is -0.230. The third-order valence-corrected chi connectivity index (χ3v) is 3.56. The molecule has 0 bridgehead atoms. The standard InChI is InChI=1S/C18H24N4O2/c1-13(2)14-5-7-15(8-6-14)20-17-10-9-16(21-22-17)18(23)19-11-4-12-24-3/h5-10,13H,4,11-12H2,1-3H3,(H,19,23)(H,20,22). The molecule has 2 rings (SSSR count). The zero-order valence-electron chi connectivity index (χ0n) is 14.4. The van der Waals surface area contributed by atoms with Crippen molar-refractivity contribution in [2.24, 2.45) is 0 Å². The van der Waals surface area contributed by atoms with E-state index in [0.29, 0.717) is 30.6 Å². The number of anilines is 2. The lowest BCUT2D eigenvalue weighted by Crippen LogP contribution is -2.26. The maximum atomic E-state index is 11.9. The zero-order chi connectivity index (χ0) is 17.4. The van der Waals surface area contributed by atoms with Crippen LogP contribution in [-0.2, 0) is 4.74 Å². The van der Waals surface area contributed by atoms with Crippen LogP contribution in [0.4, 0.5) is 11.5 Å². The van der Waals surface area contributed by atoms with Gasteiger partial charge in [0.25, 0.3) is 5.91 Å². The van der Waals surface area contributed by atoms with Crippen LogP contribution in [-0.4, -0.2) is 36.4 Å². The fourth-order valence-corrected chi connectivity index (χ4v) is 2.13. The minimum absolute atomic E-state index is 0.230. The molecular formula is C18H24N4O2. The topological polar surface area (TPSA) is 76.1 Å². The summed E-state index contributed by atoms with van der Waals surface area (Å²) in [5.74, 6) is 0.871. The summed E-state index contributed by atoms with van der Waals surface area (Å²) >= 11 is 0. The fraction of sp³-hybridized carbons (Fsp3) is 0.389. The summed E-state index contributed by atoms with van der Waals surface area (Å²) in [6.07, 6.45) is 0.766. The van der Waals surface area contributed by atoms with Crippen molar-refractivity contribution < 1.29 is 9.53 Å². The second kappa shape index (κ2) is 8.98. The van der Waals surface area contributed by atoms with Gasteiger partial charge in [-0.1, -0.05) is 26.0 Å². The second-order valence-electron chi connectivity index (χ2n) is 5.81. The van der Waals surface area contributed by atoms with E-state index in [-0.39, 0.29) is 5.91 Å². The summed E-state index contributed by atoms with van der Waals surface area (Å²) in [6, 6.07) is 11.6. The van der Waals surface area contributed by atoms with Crippen LogP contribution in [0.25, 0.3) is 0 Å². The molecule has 0 aliphatic carbocycles. The van der Waals surface area contributed by atoms with Crippen LogP contribution in [0.5, 0.6) is 0 Å². The lowest BCUT2D eigenvalue weighted by Gasteiger charge is -2.09. The molecule has 0 saturated heterocycles. The van der Waals surface area contributed by atoms with Crippen molar-refractivity contribution >= 4 is 17.4 Å². The zero-order valence-corrected chi connectivity index (χ0v) is 14.4. The molecule has 6 heteroatoms. The second-order valence-corrected chi connectivity index (χ2v) is 5.81. The first-order chi connectivity index (χ1) is 11.6. The Morgan fingerprint density at radius 2 is 1.88 bits per heavy atom. The highest BCUT2D eigenvalue weighted by Crippen LogP contribution is 2.19. The molecule has 6 nitrogen and oxygen atoms in total. The number of ether oxygens (including phenoxy) is 1. The molecule has 0 atom stereocenters. The van der Waals surface area contributed by atoms with Gasteiger partial charge < -0.3 is 15.4 Å². The number of benzene rings is 1. The lowest BCUT2D eigenvalue weighted by molar-refractivity contribution is 0.0942. The van der Waals surface area contributed by atoms with Crippen molar-refractivity contribution in [3.63, 3.8) is 0 Å². The van der Waals surface area contributed by atoms with Crippen LogP contribution in [0, 0.1) is 0 Å². The van der Waals surface area contributed by atoms with Crippen molar-refractivity contribution in [2.75, 3.05) is 25.6 Å². The summed E-state index contributed by atoms with van der Waals surface area (Å²) in [7, 11) is 1.63. The third kappa shape index (κ3) is 5.31. The fourth-order valence-electron chi connectivity index (χ4n) is 2.13. The van der Waals surface area contributed by atoms with Gasteiger partial charge >= 0.3 is 0 Å². The SMILES string of the molecule is COCCCNC(=O)c1ccc(Nc2ccc(C(C)C)cc2)nn1. The van der Waals surface area contributed by atoms with Crippen LogP contribution in [0.3, 0.4) is 0 Å².